The van der Waals surface area contributed by atoms with Gasteiger partial charge in [0.25, 0.3) is 5.91 Å². The van der Waals surface area contributed by atoms with Crippen LogP contribution in [0, 0.1) is 10.5 Å². The van der Waals surface area contributed by atoms with Gasteiger partial charge in [-0.15, -0.1) is 0 Å². The molecule has 98 valence electrons. The van der Waals surface area contributed by atoms with Gasteiger partial charge >= 0.3 is 0 Å². The van der Waals surface area contributed by atoms with Gasteiger partial charge in [0, 0.05) is 28.3 Å². The zero-order valence-electron chi connectivity index (χ0n) is 10.9. The van der Waals surface area contributed by atoms with Crippen LogP contribution in [0.4, 0.5) is 0 Å². The number of carbonyl (C=O) groups excluding carboxylic acids is 1. The fourth-order valence-corrected chi connectivity index (χ4v) is 2.96. The Hall–Kier alpha value is -0.620. The van der Waals surface area contributed by atoms with E-state index in [4.69, 9.17) is 0 Å². The Morgan fingerprint density at radius 3 is 3.00 bits per heavy atom. The summed E-state index contributed by atoms with van der Waals surface area (Å²) in [5.74, 6) is 0.172. The Morgan fingerprint density at radius 1 is 1.56 bits per heavy atom. The van der Waals surface area contributed by atoms with Crippen molar-refractivity contribution in [3.63, 3.8) is 0 Å². The largest absolute Gasteiger partial charge is 0.334 e. The van der Waals surface area contributed by atoms with E-state index in [9.17, 15) is 4.79 Å². The van der Waals surface area contributed by atoms with Gasteiger partial charge in [0.15, 0.2) is 0 Å². The molecular formula is C14H19IN2O. The standard InChI is InChI=1S/C14H19IN2O/c1-10-5-6-11(8-13(10)15)14(18)17-7-3-4-12(17)9-16-2/h5-6,8,12,16H,3-4,7,9H2,1-2H3. The number of rotatable bonds is 3. The van der Waals surface area contributed by atoms with Gasteiger partial charge in [0.1, 0.15) is 0 Å². The summed E-state index contributed by atoms with van der Waals surface area (Å²) in [6.45, 7) is 3.83. The van der Waals surface area contributed by atoms with Crippen molar-refractivity contribution in [3.8, 4) is 0 Å². The number of aryl methyl sites for hydroxylation is 1. The maximum Gasteiger partial charge on any atom is 0.254 e. The predicted molar refractivity (Wildman–Crippen MR) is 81.9 cm³/mol. The number of benzene rings is 1. The van der Waals surface area contributed by atoms with Crippen molar-refractivity contribution < 1.29 is 4.79 Å². The van der Waals surface area contributed by atoms with Crippen molar-refractivity contribution in [2.45, 2.75) is 25.8 Å². The van der Waals surface area contributed by atoms with E-state index >= 15 is 0 Å². The molecule has 1 heterocycles. The van der Waals surface area contributed by atoms with Crippen LogP contribution in [0.25, 0.3) is 0 Å². The Morgan fingerprint density at radius 2 is 2.33 bits per heavy atom. The van der Waals surface area contributed by atoms with Crippen LogP contribution >= 0.6 is 22.6 Å². The second-order valence-corrected chi connectivity index (χ2v) is 5.98. The maximum atomic E-state index is 12.5. The molecule has 1 amide bonds. The van der Waals surface area contributed by atoms with Crippen LogP contribution in [0.5, 0.6) is 0 Å². The SMILES string of the molecule is CNCC1CCCN1C(=O)c1ccc(C)c(I)c1. The van der Waals surface area contributed by atoms with Crippen LogP contribution in [0.1, 0.15) is 28.8 Å². The topological polar surface area (TPSA) is 32.3 Å². The fourth-order valence-electron chi connectivity index (χ4n) is 2.44. The molecular weight excluding hydrogens is 339 g/mol. The van der Waals surface area contributed by atoms with E-state index in [1.54, 1.807) is 0 Å². The highest BCUT2D eigenvalue weighted by atomic mass is 127. The molecule has 0 aromatic heterocycles. The normalized spacial score (nSPS) is 19.3. The summed E-state index contributed by atoms with van der Waals surface area (Å²) in [5, 5.41) is 3.17. The van der Waals surface area contributed by atoms with Gasteiger partial charge in [-0.3, -0.25) is 4.79 Å². The zero-order chi connectivity index (χ0) is 13.1. The lowest BCUT2D eigenvalue weighted by Crippen LogP contribution is -2.40. The van der Waals surface area contributed by atoms with Crippen molar-refractivity contribution in [3.05, 3.63) is 32.9 Å². The predicted octanol–water partition coefficient (Wildman–Crippen LogP) is 2.42. The summed E-state index contributed by atoms with van der Waals surface area (Å²) in [6.07, 6.45) is 2.22. The number of likely N-dealkylation sites (N-methyl/N-ethyl adjacent to an activating group) is 1. The summed E-state index contributed by atoms with van der Waals surface area (Å²) in [4.78, 5) is 14.5. The minimum atomic E-state index is 0.172. The van der Waals surface area contributed by atoms with Crippen LogP contribution in [0.15, 0.2) is 18.2 Å². The van der Waals surface area contributed by atoms with Crippen LogP contribution in [-0.2, 0) is 0 Å². The fraction of sp³-hybridized carbons (Fsp3) is 0.500. The van der Waals surface area contributed by atoms with E-state index < -0.39 is 0 Å². The van der Waals surface area contributed by atoms with Gasteiger partial charge in [-0.1, -0.05) is 6.07 Å². The van der Waals surface area contributed by atoms with E-state index in [2.05, 4.69) is 34.8 Å². The number of nitrogens with one attached hydrogen (secondary N) is 1. The van der Waals surface area contributed by atoms with E-state index in [0.29, 0.717) is 6.04 Å². The Balaban J connectivity index is 2.17. The molecule has 0 bridgehead atoms. The molecule has 0 spiro atoms. The molecule has 1 aliphatic heterocycles. The van der Waals surface area contributed by atoms with Gasteiger partial charge in [0.05, 0.1) is 0 Å². The lowest BCUT2D eigenvalue weighted by Gasteiger charge is -2.24. The van der Waals surface area contributed by atoms with Crippen LogP contribution in [-0.4, -0.2) is 37.0 Å². The average Bonchev–Trinajstić information content (AvgIpc) is 2.80. The molecule has 4 heteroatoms. The number of carbonyl (C=O) groups is 1. The Kier molecular flexibility index (Phi) is 4.61. The van der Waals surface area contributed by atoms with Crippen molar-refractivity contribution in [1.82, 2.24) is 10.2 Å². The van der Waals surface area contributed by atoms with Gasteiger partial charge in [-0.05, 0) is 67.1 Å². The lowest BCUT2D eigenvalue weighted by molar-refractivity contribution is 0.0737. The first-order valence-corrected chi connectivity index (χ1v) is 7.43. The van der Waals surface area contributed by atoms with E-state index in [-0.39, 0.29) is 5.91 Å². The molecule has 1 aliphatic rings. The molecule has 0 radical (unpaired) electrons. The molecule has 2 rings (SSSR count). The van der Waals surface area contributed by atoms with Crippen molar-refractivity contribution in [2.24, 2.45) is 0 Å². The van der Waals surface area contributed by atoms with Gasteiger partial charge in [-0.25, -0.2) is 0 Å². The number of amides is 1. The first-order chi connectivity index (χ1) is 8.63. The number of likely N-dealkylation sites (tertiary alicyclic amines) is 1. The van der Waals surface area contributed by atoms with Gasteiger partial charge in [-0.2, -0.15) is 0 Å². The summed E-state index contributed by atoms with van der Waals surface area (Å²) >= 11 is 2.29. The number of nitrogens with zero attached hydrogens (tertiary/aromatic N) is 1. The second-order valence-electron chi connectivity index (χ2n) is 4.82. The highest BCUT2D eigenvalue weighted by molar-refractivity contribution is 14.1. The summed E-state index contributed by atoms with van der Waals surface area (Å²) in [7, 11) is 1.94. The van der Waals surface area contributed by atoms with Crippen LogP contribution in [0.2, 0.25) is 0 Å². The molecule has 1 atom stereocenters. The molecule has 1 fully saturated rings. The maximum absolute atomic E-state index is 12.5. The number of hydrogen-bond donors (Lipinski definition) is 1. The van der Waals surface area contributed by atoms with Crippen molar-refractivity contribution in [2.75, 3.05) is 20.1 Å². The van der Waals surface area contributed by atoms with Crippen molar-refractivity contribution >= 4 is 28.5 Å². The van der Waals surface area contributed by atoms with Crippen LogP contribution in [0.3, 0.4) is 0 Å². The van der Waals surface area contributed by atoms with E-state index in [1.165, 1.54) is 5.56 Å². The Bertz CT molecular complexity index is 447. The molecule has 18 heavy (non-hydrogen) atoms. The third-order valence-corrected chi connectivity index (χ3v) is 4.66. The third kappa shape index (κ3) is 2.85. The first-order valence-electron chi connectivity index (χ1n) is 6.35. The molecule has 0 aliphatic carbocycles. The molecule has 1 saturated heterocycles. The molecule has 1 unspecified atom stereocenters. The minimum absolute atomic E-state index is 0.172. The molecule has 1 aromatic rings. The second kappa shape index (κ2) is 6.02. The number of hydrogen-bond acceptors (Lipinski definition) is 2. The van der Waals surface area contributed by atoms with Crippen LogP contribution < -0.4 is 5.32 Å². The van der Waals surface area contributed by atoms with E-state index in [1.807, 2.05) is 30.1 Å². The first kappa shape index (κ1) is 13.8. The van der Waals surface area contributed by atoms with E-state index in [0.717, 1.165) is 35.1 Å². The van der Waals surface area contributed by atoms with Crippen molar-refractivity contribution in [1.29, 1.82) is 0 Å². The average molecular weight is 358 g/mol. The zero-order valence-corrected chi connectivity index (χ0v) is 13.0. The van der Waals surface area contributed by atoms with Gasteiger partial charge in [0.2, 0.25) is 0 Å². The molecule has 0 saturated carbocycles. The van der Waals surface area contributed by atoms with Gasteiger partial charge < -0.3 is 10.2 Å². The molecule has 3 nitrogen and oxygen atoms in total. The smallest absolute Gasteiger partial charge is 0.254 e. The third-order valence-electron chi connectivity index (χ3n) is 3.50. The number of halogens is 1. The lowest BCUT2D eigenvalue weighted by atomic mass is 10.1. The quantitative estimate of drug-likeness (QED) is 0.842. The highest BCUT2D eigenvalue weighted by Crippen LogP contribution is 2.21. The summed E-state index contributed by atoms with van der Waals surface area (Å²) in [5.41, 5.74) is 2.04. The molecule has 1 aromatic carbocycles. The Labute approximate surface area is 122 Å². The monoisotopic (exact) mass is 358 g/mol. The minimum Gasteiger partial charge on any atom is -0.334 e. The summed E-state index contributed by atoms with van der Waals surface area (Å²) < 4.78 is 1.16. The molecule has 1 N–H and O–H groups in total. The summed E-state index contributed by atoms with van der Waals surface area (Å²) in [6, 6.07) is 6.31. The highest BCUT2D eigenvalue weighted by Gasteiger charge is 2.28.